The molecule has 122 valence electrons. The van der Waals surface area contributed by atoms with Gasteiger partial charge in [-0.1, -0.05) is 51.3 Å². The third kappa shape index (κ3) is 2.54. The van der Waals surface area contributed by atoms with E-state index in [0.29, 0.717) is 0 Å². The summed E-state index contributed by atoms with van der Waals surface area (Å²) in [7, 11) is 0. The first-order chi connectivity index (χ1) is 11.7. The molecule has 0 aliphatic carbocycles. The summed E-state index contributed by atoms with van der Waals surface area (Å²) in [5.74, 6) is 1.65. The standard InChI is InChI=1S/C22H22O2/c1-5-15-13-19-20(14-16(15)6-2)22(24-8-4)18-12-10-9-11-17(18)21(19)23-7-3/h7-14H,3-6H2,1-2H3. The maximum Gasteiger partial charge on any atom is 0.142 e. The van der Waals surface area contributed by atoms with Crippen molar-refractivity contribution in [3.05, 3.63) is 73.2 Å². The minimum absolute atomic E-state index is 0.823. The third-order valence-electron chi connectivity index (χ3n) is 4.41. The van der Waals surface area contributed by atoms with E-state index < -0.39 is 0 Å². The predicted octanol–water partition coefficient (Wildman–Crippen LogP) is 6.16. The normalized spacial score (nSPS) is 10.8. The first-order valence-corrected chi connectivity index (χ1v) is 8.30. The molecule has 0 bridgehead atoms. The molecule has 0 aliphatic rings. The minimum Gasteiger partial charge on any atom is -0.464 e. The molecule has 0 unspecified atom stereocenters. The molecule has 2 heteroatoms. The summed E-state index contributed by atoms with van der Waals surface area (Å²) in [5.41, 5.74) is 2.66. The molecule has 0 atom stereocenters. The first kappa shape index (κ1) is 16.1. The number of hydrogen-bond acceptors (Lipinski definition) is 2. The Kier molecular flexibility index (Phi) is 4.57. The molecule has 3 aromatic carbocycles. The van der Waals surface area contributed by atoms with E-state index in [4.69, 9.17) is 9.47 Å². The zero-order chi connectivity index (χ0) is 17.1. The van der Waals surface area contributed by atoms with E-state index in [1.165, 1.54) is 23.7 Å². The molecule has 3 aromatic rings. The molecule has 0 amide bonds. The van der Waals surface area contributed by atoms with Crippen molar-refractivity contribution in [2.75, 3.05) is 0 Å². The van der Waals surface area contributed by atoms with Crippen LogP contribution in [0.1, 0.15) is 25.0 Å². The number of benzene rings is 3. The SMILES string of the molecule is C=COc1c2ccccc2c(OC=C)c2cc(CC)c(CC)cc12. The average molecular weight is 318 g/mol. The maximum atomic E-state index is 5.82. The van der Waals surface area contributed by atoms with Crippen LogP contribution < -0.4 is 9.47 Å². The van der Waals surface area contributed by atoms with Crippen molar-refractivity contribution in [2.24, 2.45) is 0 Å². The molecule has 0 heterocycles. The monoisotopic (exact) mass is 318 g/mol. The molecule has 0 saturated heterocycles. The number of hydrogen-bond donors (Lipinski definition) is 0. The fourth-order valence-corrected chi connectivity index (χ4v) is 3.31. The lowest BCUT2D eigenvalue weighted by molar-refractivity contribution is 0.486. The molecule has 3 rings (SSSR count). The quantitative estimate of drug-likeness (QED) is 0.400. The zero-order valence-corrected chi connectivity index (χ0v) is 14.3. The molecule has 0 N–H and O–H groups in total. The maximum absolute atomic E-state index is 5.82. The van der Waals surface area contributed by atoms with Crippen LogP contribution in [0.5, 0.6) is 11.5 Å². The molecule has 0 radical (unpaired) electrons. The number of ether oxygens (including phenoxy) is 2. The molecule has 2 nitrogen and oxygen atoms in total. The van der Waals surface area contributed by atoms with Crippen LogP contribution in [-0.4, -0.2) is 0 Å². The molecule has 0 saturated carbocycles. The molecule has 0 aliphatic heterocycles. The van der Waals surface area contributed by atoms with Gasteiger partial charge in [0.05, 0.1) is 12.5 Å². The van der Waals surface area contributed by atoms with Gasteiger partial charge in [-0.25, -0.2) is 0 Å². The smallest absolute Gasteiger partial charge is 0.142 e. The van der Waals surface area contributed by atoms with Crippen LogP contribution in [0.3, 0.4) is 0 Å². The van der Waals surface area contributed by atoms with Crippen LogP contribution >= 0.6 is 0 Å². The molecular weight excluding hydrogens is 296 g/mol. The van der Waals surface area contributed by atoms with Crippen LogP contribution in [0.2, 0.25) is 0 Å². The van der Waals surface area contributed by atoms with Gasteiger partial charge in [0.15, 0.2) is 0 Å². The Bertz CT molecular complexity index is 846. The summed E-state index contributed by atoms with van der Waals surface area (Å²) < 4.78 is 11.6. The van der Waals surface area contributed by atoms with Crippen molar-refractivity contribution < 1.29 is 9.47 Å². The lowest BCUT2D eigenvalue weighted by Gasteiger charge is -2.17. The largest absolute Gasteiger partial charge is 0.464 e. The summed E-state index contributed by atoms with van der Waals surface area (Å²) in [6, 6.07) is 12.5. The highest BCUT2D eigenvalue weighted by Crippen LogP contribution is 2.44. The Balaban J connectivity index is 2.54. The van der Waals surface area contributed by atoms with Gasteiger partial charge in [0, 0.05) is 21.5 Å². The van der Waals surface area contributed by atoms with E-state index in [2.05, 4.69) is 39.1 Å². The second-order valence-electron chi connectivity index (χ2n) is 5.65. The second kappa shape index (κ2) is 6.79. The molecular formula is C22H22O2. The number of rotatable bonds is 6. The van der Waals surface area contributed by atoms with Crippen molar-refractivity contribution >= 4 is 21.5 Å². The number of fused-ring (bicyclic) bond motifs is 2. The molecule has 24 heavy (non-hydrogen) atoms. The van der Waals surface area contributed by atoms with Gasteiger partial charge in [0.2, 0.25) is 0 Å². The summed E-state index contributed by atoms with van der Waals surface area (Å²) in [6.07, 6.45) is 4.93. The van der Waals surface area contributed by atoms with Crippen LogP contribution in [0, 0.1) is 0 Å². The van der Waals surface area contributed by atoms with E-state index in [9.17, 15) is 0 Å². The summed E-state index contributed by atoms with van der Waals surface area (Å²) in [6.45, 7) is 11.8. The lowest BCUT2D eigenvalue weighted by atomic mass is 9.94. The van der Waals surface area contributed by atoms with Crippen LogP contribution in [0.4, 0.5) is 0 Å². The Labute approximate surface area is 143 Å². The minimum atomic E-state index is 0.823. The van der Waals surface area contributed by atoms with Crippen LogP contribution in [-0.2, 0) is 12.8 Å². The van der Waals surface area contributed by atoms with Crippen molar-refractivity contribution in [3.8, 4) is 11.5 Å². The van der Waals surface area contributed by atoms with Crippen molar-refractivity contribution in [2.45, 2.75) is 26.7 Å². The van der Waals surface area contributed by atoms with Gasteiger partial charge in [-0.2, -0.15) is 0 Å². The highest BCUT2D eigenvalue weighted by molar-refractivity contribution is 6.11. The van der Waals surface area contributed by atoms with E-state index in [1.54, 1.807) is 0 Å². The van der Waals surface area contributed by atoms with E-state index in [1.807, 2.05) is 24.3 Å². The van der Waals surface area contributed by atoms with E-state index in [-0.39, 0.29) is 0 Å². The van der Waals surface area contributed by atoms with Gasteiger partial charge in [0.25, 0.3) is 0 Å². The fraction of sp³-hybridized carbons (Fsp3) is 0.182. The van der Waals surface area contributed by atoms with Gasteiger partial charge in [-0.05, 0) is 36.1 Å². The fourth-order valence-electron chi connectivity index (χ4n) is 3.31. The predicted molar refractivity (Wildman–Crippen MR) is 102 cm³/mol. The summed E-state index contributed by atoms with van der Waals surface area (Å²) in [5, 5.41) is 4.10. The Morgan fingerprint density at radius 1 is 0.750 bits per heavy atom. The lowest BCUT2D eigenvalue weighted by Crippen LogP contribution is -1.96. The Morgan fingerprint density at radius 2 is 1.17 bits per heavy atom. The van der Waals surface area contributed by atoms with Gasteiger partial charge >= 0.3 is 0 Å². The average Bonchev–Trinajstić information content (AvgIpc) is 2.63. The second-order valence-corrected chi connectivity index (χ2v) is 5.65. The summed E-state index contributed by atoms with van der Waals surface area (Å²) >= 11 is 0. The zero-order valence-electron chi connectivity index (χ0n) is 14.3. The molecule has 0 aromatic heterocycles. The first-order valence-electron chi connectivity index (χ1n) is 8.30. The van der Waals surface area contributed by atoms with Gasteiger partial charge in [0.1, 0.15) is 11.5 Å². The molecule has 0 spiro atoms. The van der Waals surface area contributed by atoms with Crippen LogP contribution in [0.25, 0.3) is 21.5 Å². The summed E-state index contributed by atoms with van der Waals surface area (Å²) in [4.78, 5) is 0. The van der Waals surface area contributed by atoms with E-state index >= 15 is 0 Å². The Morgan fingerprint density at radius 3 is 1.50 bits per heavy atom. The molecule has 0 fully saturated rings. The van der Waals surface area contributed by atoms with Gasteiger partial charge in [-0.3, -0.25) is 0 Å². The Hall–Kier alpha value is -2.74. The topological polar surface area (TPSA) is 18.5 Å². The third-order valence-corrected chi connectivity index (χ3v) is 4.41. The van der Waals surface area contributed by atoms with E-state index in [0.717, 1.165) is 45.9 Å². The van der Waals surface area contributed by atoms with Crippen LogP contribution in [0.15, 0.2) is 62.1 Å². The van der Waals surface area contributed by atoms with Crippen molar-refractivity contribution in [1.82, 2.24) is 0 Å². The van der Waals surface area contributed by atoms with Crippen molar-refractivity contribution in [3.63, 3.8) is 0 Å². The number of aryl methyl sites for hydroxylation is 2. The highest BCUT2D eigenvalue weighted by Gasteiger charge is 2.17. The highest BCUT2D eigenvalue weighted by atomic mass is 16.5. The van der Waals surface area contributed by atoms with Crippen molar-refractivity contribution in [1.29, 1.82) is 0 Å². The van der Waals surface area contributed by atoms with Gasteiger partial charge < -0.3 is 9.47 Å². The van der Waals surface area contributed by atoms with Gasteiger partial charge in [-0.15, -0.1) is 0 Å².